The van der Waals surface area contributed by atoms with Gasteiger partial charge in [0, 0.05) is 17.3 Å². The van der Waals surface area contributed by atoms with E-state index in [1.165, 1.54) is 98.5 Å². The summed E-state index contributed by atoms with van der Waals surface area (Å²) < 4.78 is 3.01. The molecule has 4 aliphatic rings. The number of nitrogens with one attached hydrogen (secondary N) is 2. The monoisotopic (exact) mass is 439 g/mol. The Labute approximate surface area is 191 Å². The Kier molecular flexibility index (Phi) is 6.34. The van der Waals surface area contributed by atoms with Crippen LogP contribution in [0.25, 0.3) is 0 Å². The summed E-state index contributed by atoms with van der Waals surface area (Å²) in [7, 11) is 0. The number of carbonyl (C=O) groups excluding carboxylic acids is 1. The molecule has 5 rings (SSSR count). The van der Waals surface area contributed by atoms with Crippen LogP contribution < -0.4 is 10.0 Å². The molecule has 2 fully saturated rings. The molecule has 5 heteroatoms. The highest BCUT2D eigenvalue weighted by molar-refractivity contribution is 8.00. The number of fused-ring (bicyclic) bond motifs is 2. The van der Waals surface area contributed by atoms with Crippen LogP contribution in [0, 0.1) is 0 Å². The Morgan fingerprint density at radius 1 is 1.03 bits per heavy atom. The van der Waals surface area contributed by atoms with E-state index in [0.717, 1.165) is 37.4 Å². The number of aryl methyl sites for hydroxylation is 2. The third-order valence-electron chi connectivity index (χ3n) is 8.11. The summed E-state index contributed by atoms with van der Waals surface area (Å²) in [6.07, 6.45) is 18.6. The molecule has 1 aromatic rings. The maximum absolute atomic E-state index is 12.7. The Balaban J connectivity index is 1.19. The van der Waals surface area contributed by atoms with Gasteiger partial charge in [-0.05, 0) is 117 Å². The van der Waals surface area contributed by atoms with E-state index in [9.17, 15) is 4.79 Å². The first-order valence-electron chi connectivity index (χ1n) is 12.5. The van der Waals surface area contributed by atoms with Gasteiger partial charge in [0.25, 0.3) is 0 Å². The molecule has 4 nitrogen and oxygen atoms in total. The number of hydrogen-bond donors (Lipinski definition) is 2. The molecule has 1 atom stereocenters. The lowest BCUT2D eigenvalue weighted by Crippen LogP contribution is -2.47. The molecule has 0 spiro atoms. The predicted molar refractivity (Wildman–Crippen MR) is 131 cm³/mol. The van der Waals surface area contributed by atoms with Crippen molar-refractivity contribution in [2.75, 3.05) is 11.9 Å². The number of likely N-dealkylation sites (tertiary alicyclic amines) is 1. The average molecular weight is 440 g/mol. The van der Waals surface area contributed by atoms with Crippen LogP contribution in [0.5, 0.6) is 0 Å². The topological polar surface area (TPSA) is 44.4 Å². The molecule has 2 N–H and O–H groups in total. The Hall–Kier alpha value is -1.46. The van der Waals surface area contributed by atoms with Crippen LogP contribution in [0.4, 0.5) is 10.5 Å². The standard InChI is InChI=1S/C26H37N3OS/c1-26(14-7-16-29(26)21-10-3-2-4-11-21)15-17-31-28-25(30)27-24-22-12-5-8-19(22)18-20-9-6-13-23(20)24/h15,17-18,21H,2-14,16H2,1H3,(H2,27,28,30)/b17-15+. The van der Waals surface area contributed by atoms with Crippen molar-refractivity contribution in [3.8, 4) is 0 Å². The number of hydrogen-bond acceptors (Lipinski definition) is 3. The summed E-state index contributed by atoms with van der Waals surface area (Å²) in [6, 6.07) is 3.06. The van der Waals surface area contributed by atoms with Gasteiger partial charge in [-0.25, -0.2) is 4.79 Å². The van der Waals surface area contributed by atoms with Gasteiger partial charge in [0.1, 0.15) is 0 Å². The number of carbonyl (C=O) groups is 1. The van der Waals surface area contributed by atoms with Crippen molar-refractivity contribution in [3.63, 3.8) is 0 Å². The fourth-order valence-corrected chi connectivity index (χ4v) is 7.14. The highest BCUT2D eigenvalue weighted by atomic mass is 32.2. The molecular formula is C26H37N3OS. The van der Waals surface area contributed by atoms with E-state index in [1.807, 2.05) is 0 Å². The largest absolute Gasteiger partial charge is 0.329 e. The molecule has 0 radical (unpaired) electrons. The van der Waals surface area contributed by atoms with Gasteiger partial charge in [0.15, 0.2) is 0 Å². The van der Waals surface area contributed by atoms with Crippen molar-refractivity contribution in [1.29, 1.82) is 0 Å². The number of anilines is 1. The molecule has 2 amide bonds. The van der Waals surface area contributed by atoms with Gasteiger partial charge in [0.05, 0.1) is 0 Å². The van der Waals surface area contributed by atoms with E-state index < -0.39 is 0 Å². The summed E-state index contributed by atoms with van der Waals surface area (Å²) in [5.74, 6) is 0. The number of rotatable bonds is 5. The van der Waals surface area contributed by atoms with Crippen LogP contribution in [0.3, 0.4) is 0 Å². The lowest BCUT2D eigenvalue weighted by molar-refractivity contribution is 0.108. The molecule has 168 valence electrons. The van der Waals surface area contributed by atoms with Gasteiger partial charge in [-0.2, -0.15) is 0 Å². The lowest BCUT2D eigenvalue weighted by Gasteiger charge is -2.41. The lowest BCUT2D eigenvalue weighted by atomic mass is 9.90. The second-order valence-electron chi connectivity index (χ2n) is 10.2. The molecule has 0 aromatic heterocycles. The van der Waals surface area contributed by atoms with E-state index in [0.29, 0.717) is 0 Å². The van der Waals surface area contributed by atoms with Crippen molar-refractivity contribution in [2.24, 2.45) is 0 Å². The highest BCUT2D eigenvalue weighted by Gasteiger charge is 2.38. The first kappa shape index (κ1) is 21.4. The second kappa shape index (κ2) is 9.19. The fourth-order valence-electron chi connectivity index (χ4n) is 6.55. The van der Waals surface area contributed by atoms with Crippen LogP contribution in [0.15, 0.2) is 17.6 Å². The summed E-state index contributed by atoms with van der Waals surface area (Å²) in [5, 5.41) is 5.32. The third kappa shape index (κ3) is 4.41. The molecule has 1 saturated carbocycles. The number of amides is 2. The number of nitrogens with zero attached hydrogens (tertiary/aromatic N) is 1. The van der Waals surface area contributed by atoms with Crippen LogP contribution >= 0.6 is 11.9 Å². The third-order valence-corrected chi connectivity index (χ3v) is 8.69. The van der Waals surface area contributed by atoms with E-state index in [2.05, 4.69) is 39.4 Å². The quantitative estimate of drug-likeness (QED) is 0.542. The van der Waals surface area contributed by atoms with E-state index in [4.69, 9.17) is 0 Å². The van der Waals surface area contributed by atoms with Gasteiger partial charge in [0.2, 0.25) is 0 Å². The van der Waals surface area contributed by atoms with E-state index in [1.54, 1.807) is 0 Å². The van der Waals surface area contributed by atoms with Gasteiger partial charge in [-0.1, -0.05) is 31.4 Å². The minimum Gasteiger partial charge on any atom is -0.307 e. The molecule has 1 heterocycles. The zero-order chi connectivity index (χ0) is 21.3. The van der Waals surface area contributed by atoms with Gasteiger partial charge >= 0.3 is 6.03 Å². The Morgan fingerprint density at radius 2 is 1.74 bits per heavy atom. The first-order chi connectivity index (χ1) is 15.1. The molecule has 0 bridgehead atoms. The minimum absolute atomic E-state index is 0.0928. The Morgan fingerprint density at radius 3 is 2.45 bits per heavy atom. The number of urea groups is 1. The summed E-state index contributed by atoms with van der Waals surface area (Å²) >= 11 is 1.41. The second-order valence-corrected chi connectivity index (χ2v) is 10.9. The smallest absolute Gasteiger partial charge is 0.307 e. The van der Waals surface area contributed by atoms with Crippen LogP contribution in [0.2, 0.25) is 0 Å². The molecule has 3 aliphatic carbocycles. The minimum atomic E-state index is -0.0928. The summed E-state index contributed by atoms with van der Waals surface area (Å²) in [6.45, 7) is 3.59. The maximum Gasteiger partial charge on any atom is 0.329 e. The van der Waals surface area contributed by atoms with E-state index in [-0.39, 0.29) is 11.6 Å². The van der Waals surface area contributed by atoms with Gasteiger partial charge < -0.3 is 5.32 Å². The SMILES string of the molecule is CC1(/C=C/SNC(=O)Nc2c3c(cc4c2CCC4)CCC3)CCCN1C1CCCCC1. The van der Waals surface area contributed by atoms with Crippen molar-refractivity contribution in [3.05, 3.63) is 39.8 Å². The molecular weight excluding hydrogens is 402 g/mol. The fraction of sp³-hybridized carbons (Fsp3) is 0.654. The van der Waals surface area contributed by atoms with Crippen LogP contribution in [-0.4, -0.2) is 29.1 Å². The molecule has 1 saturated heterocycles. The zero-order valence-electron chi connectivity index (χ0n) is 19.0. The van der Waals surface area contributed by atoms with Crippen molar-refractivity contribution in [1.82, 2.24) is 9.62 Å². The van der Waals surface area contributed by atoms with Crippen molar-refractivity contribution >= 4 is 23.7 Å². The van der Waals surface area contributed by atoms with Crippen LogP contribution in [0.1, 0.15) is 87.0 Å². The van der Waals surface area contributed by atoms with E-state index >= 15 is 0 Å². The van der Waals surface area contributed by atoms with Gasteiger partial charge in [-0.15, -0.1) is 0 Å². The molecule has 1 unspecified atom stereocenters. The van der Waals surface area contributed by atoms with Crippen molar-refractivity contribution < 1.29 is 4.79 Å². The molecule has 31 heavy (non-hydrogen) atoms. The average Bonchev–Trinajstić information content (AvgIpc) is 3.51. The maximum atomic E-state index is 12.7. The van der Waals surface area contributed by atoms with Crippen molar-refractivity contribution in [2.45, 2.75) is 102 Å². The Bertz CT molecular complexity index is 828. The number of benzene rings is 1. The van der Waals surface area contributed by atoms with Crippen LogP contribution in [-0.2, 0) is 25.7 Å². The first-order valence-corrected chi connectivity index (χ1v) is 13.4. The summed E-state index contributed by atoms with van der Waals surface area (Å²) in [5.41, 5.74) is 6.95. The normalized spacial score (nSPS) is 26.4. The van der Waals surface area contributed by atoms with Gasteiger partial charge in [-0.3, -0.25) is 9.62 Å². The predicted octanol–water partition coefficient (Wildman–Crippen LogP) is 6.13. The molecule has 1 aromatic carbocycles. The zero-order valence-corrected chi connectivity index (χ0v) is 19.8. The highest BCUT2D eigenvalue weighted by Crippen LogP contribution is 2.39. The molecule has 1 aliphatic heterocycles. The summed E-state index contributed by atoms with van der Waals surface area (Å²) in [4.78, 5) is 15.4.